The van der Waals surface area contributed by atoms with Gasteiger partial charge < -0.3 is 10.8 Å². The van der Waals surface area contributed by atoms with Gasteiger partial charge in [0, 0.05) is 30.4 Å². The van der Waals surface area contributed by atoms with Crippen molar-refractivity contribution in [3.05, 3.63) is 77.2 Å². The zero-order valence-electron chi connectivity index (χ0n) is 16.9. The molecule has 0 aliphatic heterocycles. The van der Waals surface area contributed by atoms with Gasteiger partial charge >= 0.3 is 0 Å². The summed E-state index contributed by atoms with van der Waals surface area (Å²) in [5.74, 6) is -1.84. The van der Waals surface area contributed by atoms with Crippen LogP contribution >= 0.6 is 0 Å². The lowest BCUT2D eigenvalue weighted by atomic mass is 9.80. The Labute approximate surface area is 179 Å². The van der Waals surface area contributed by atoms with Gasteiger partial charge in [0.25, 0.3) is 0 Å². The average Bonchev–Trinajstić information content (AvgIpc) is 2.76. The molecule has 0 radical (unpaired) electrons. The van der Waals surface area contributed by atoms with Crippen LogP contribution in [-0.4, -0.2) is 26.9 Å². The van der Waals surface area contributed by atoms with Crippen molar-refractivity contribution in [2.45, 2.75) is 44.1 Å². The summed E-state index contributed by atoms with van der Waals surface area (Å²) in [6, 6.07) is 7.88. The van der Waals surface area contributed by atoms with Crippen LogP contribution in [0.5, 0.6) is 5.75 Å². The van der Waals surface area contributed by atoms with Crippen molar-refractivity contribution in [2.75, 3.05) is 0 Å². The smallest absolute Gasteiger partial charge is 0.188 e. The standard InChI is InChI=1S/C24H23F2N3O2/c25-20-5-4-17(30)12-19(20)22-7-6-21(26)24(29-22)23(31)11-15-13-28-9-8-18(15)14-2-1-3-16(27)10-14/h4-9,12-14,16,30H,1-3,10-11,27H2/t14-,16+/m1/s1. The third kappa shape index (κ3) is 4.61. The first-order valence-corrected chi connectivity index (χ1v) is 10.3. The molecule has 160 valence electrons. The number of rotatable bonds is 5. The van der Waals surface area contributed by atoms with Crippen molar-refractivity contribution >= 4 is 5.78 Å². The van der Waals surface area contributed by atoms with Gasteiger partial charge in [-0.1, -0.05) is 6.42 Å². The van der Waals surface area contributed by atoms with Gasteiger partial charge in [0.1, 0.15) is 17.3 Å². The number of halogens is 2. The number of phenols is 1. The first kappa shape index (κ1) is 21.1. The van der Waals surface area contributed by atoms with Crippen molar-refractivity contribution in [2.24, 2.45) is 5.73 Å². The minimum absolute atomic E-state index is 0.00712. The highest BCUT2D eigenvalue weighted by Gasteiger charge is 2.25. The number of hydrogen-bond donors (Lipinski definition) is 2. The highest BCUT2D eigenvalue weighted by Crippen LogP contribution is 2.34. The molecule has 7 heteroatoms. The van der Waals surface area contributed by atoms with Crippen LogP contribution in [0.25, 0.3) is 11.3 Å². The SMILES string of the molecule is N[C@H]1CCC[C@@H](c2ccncc2CC(=O)c2nc(-c3cc(O)ccc3F)ccc2F)C1. The maximum absolute atomic E-state index is 14.5. The van der Waals surface area contributed by atoms with Gasteiger partial charge in [-0.2, -0.15) is 0 Å². The van der Waals surface area contributed by atoms with Gasteiger partial charge in [-0.25, -0.2) is 13.8 Å². The Morgan fingerprint density at radius 2 is 1.94 bits per heavy atom. The molecule has 0 unspecified atom stereocenters. The number of nitrogens with two attached hydrogens (primary N) is 1. The molecule has 1 aliphatic rings. The quantitative estimate of drug-likeness (QED) is 0.588. The van der Waals surface area contributed by atoms with Crippen LogP contribution < -0.4 is 5.73 Å². The van der Waals surface area contributed by atoms with E-state index in [-0.39, 0.29) is 41.1 Å². The Bertz CT molecular complexity index is 1120. The van der Waals surface area contributed by atoms with E-state index in [1.54, 1.807) is 12.4 Å². The molecule has 5 nitrogen and oxygen atoms in total. The van der Waals surface area contributed by atoms with Gasteiger partial charge in [0.2, 0.25) is 0 Å². The Kier molecular flexibility index (Phi) is 6.04. The highest BCUT2D eigenvalue weighted by molar-refractivity contribution is 5.96. The van der Waals surface area contributed by atoms with E-state index < -0.39 is 17.4 Å². The third-order valence-corrected chi connectivity index (χ3v) is 5.78. The van der Waals surface area contributed by atoms with Gasteiger partial charge in [0.05, 0.1) is 5.69 Å². The second-order valence-electron chi connectivity index (χ2n) is 7.99. The van der Waals surface area contributed by atoms with Crippen LogP contribution in [-0.2, 0) is 6.42 Å². The Balaban J connectivity index is 1.63. The van der Waals surface area contributed by atoms with Crippen molar-refractivity contribution in [3.8, 4) is 17.0 Å². The van der Waals surface area contributed by atoms with E-state index in [9.17, 15) is 18.7 Å². The second-order valence-corrected chi connectivity index (χ2v) is 7.99. The number of hydrogen-bond acceptors (Lipinski definition) is 5. The summed E-state index contributed by atoms with van der Waals surface area (Å²) in [6.45, 7) is 0. The zero-order chi connectivity index (χ0) is 22.0. The predicted octanol–water partition coefficient (Wildman–Crippen LogP) is 4.54. The first-order valence-electron chi connectivity index (χ1n) is 10.3. The summed E-state index contributed by atoms with van der Waals surface area (Å²) in [6.07, 6.45) is 7.09. The van der Waals surface area contributed by atoms with Gasteiger partial charge in [-0.3, -0.25) is 9.78 Å². The fourth-order valence-electron chi connectivity index (χ4n) is 4.25. The van der Waals surface area contributed by atoms with E-state index in [2.05, 4.69) is 9.97 Å². The van der Waals surface area contributed by atoms with Crippen LogP contribution in [0.15, 0.2) is 48.8 Å². The lowest BCUT2D eigenvalue weighted by molar-refractivity contribution is 0.0983. The lowest BCUT2D eigenvalue weighted by Gasteiger charge is -2.28. The molecule has 1 aromatic carbocycles. The normalized spacial score (nSPS) is 18.7. The van der Waals surface area contributed by atoms with Crippen molar-refractivity contribution < 1.29 is 18.7 Å². The fraction of sp³-hybridized carbons (Fsp3) is 0.292. The Morgan fingerprint density at radius 3 is 2.74 bits per heavy atom. The molecule has 3 N–H and O–H groups in total. The summed E-state index contributed by atoms with van der Waals surface area (Å²) in [4.78, 5) is 21.2. The molecule has 2 atom stereocenters. The first-order chi connectivity index (χ1) is 14.9. The van der Waals surface area contributed by atoms with Crippen LogP contribution in [0.4, 0.5) is 8.78 Å². The van der Waals surface area contributed by atoms with E-state index in [1.807, 2.05) is 6.07 Å². The molecule has 31 heavy (non-hydrogen) atoms. The molecule has 0 bridgehead atoms. The van der Waals surface area contributed by atoms with Gasteiger partial charge in [-0.15, -0.1) is 0 Å². The summed E-state index contributed by atoms with van der Waals surface area (Å²) in [7, 11) is 0. The van der Waals surface area contributed by atoms with Gasteiger partial charge in [-0.05, 0) is 72.7 Å². The van der Waals surface area contributed by atoms with Crippen LogP contribution in [0.3, 0.4) is 0 Å². The molecule has 0 spiro atoms. The average molecular weight is 423 g/mol. The molecule has 0 amide bonds. The molecular formula is C24H23F2N3O2. The van der Waals surface area contributed by atoms with E-state index in [1.165, 1.54) is 18.2 Å². The number of carbonyl (C=O) groups excluding carboxylic acids is 1. The van der Waals surface area contributed by atoms with Crippen LogP contribution in [0, 0.1) is 11.6 Å². The number of phenolic OH excluding ortho intramolecular Hbond substituents is 1. The summed E-state index contributed by atoms with van der Waals surface area (Å²) in [5, 5.41) is 9.65. The second kappa shape index (κ2) is 8.89. The van der Waals surface area contributed by atoms with E-state index in [0.717, 1.165) is 48.9 Å². The van der Waals surface area contributed by atoms with Crippen molar-refractivity contribution in [3.63, 3.8) is 0 Å². The maximum Gasteiger partial charge on any atom is 0.188 e. The Morgan fingerprint density at radius 1 is 1.13 bits per heavy atom. The summed E-state index contributed by atoms with van der Waals surface area (Å²) < 4.78 is 28.6. The largest absolute Gasteiger partial charge is 0.508 e. The number of aromatic nitrogens is 2. The molecule has 4 rings (SSSR count). The number of pyridine rings is 2. The van der Waals surface area contributed by atoms with Crippen molar-refractivity contribution in [1.29, 1.82) is 0 Å². The van der Waals surface area contributed by atoms with E-state index >= 15 is 0 Å². The maximum atomic E-state index is 14.5. The molecule has 1 fully saturated rings. The molecule has 1 aliphatic carbocycles. The number of carbonyl (C=O) groups is 1. The highest BCUT2D eigenvalue weighted by atomic mass is 19.1. The van der Waals surface area contributed by atoms with E-state index in [0.29, 0.717) is 0 Å². The fourth-order valence-corrected chi connectivity index (χ4v) is 4.25. The summed E-state index contributed by atoms with van der Waals surface area (Å²) in [5.41, 5.74) is 7.56. The molecule has 1 saturated carbocycles. The zero-order valence-corrected chi connectivity index (χ0v) is 16.9. The molecule has 0 saturated heterocycles. The predicted molar refractivity (Wildman–Crippen MR) is 113 cm³/mol. The molecule has 3 aromatic rings. The van der Waals surface area contributed by atoms with Crippen LogP contribution in [0.1, 0.15) is 53.2 Å². The van der Waals surface area contributed by atoms with Gasteiger partial charge in [0.15, 0.2) is 11.6 Å². The topological polar surface area (TPSA) is 89.1 Å². The number of ketones is 1. The number of Topliss-reactive ketones (excluding diaryl/α,β-unsaturated/α-hetero) is 1. The minimum Gasteiger partial charge on any atom is -0.508 e. The monoisotopic (exact) mass is 423 g/mol. The molecule has 2 heterocycles. The number of aromatic hydroxyl groups is 1. The molecule has 2 aromatic heterocycles. The summed E-state index contributed by atoms with van der Waals surface area (Å²) >= 11 is 0. The minimum atomic E-state index is -0.778. The van der Waals surface area contributed by atoms with Crippen LogP contribution in [0.2, 0.25) is 0 Å². The third-order valence-electron chi connectivity index (χ3n) is 5.78. The number of benzene rings is 1. The van der Waals surface area contributed by atoms with Crippen molar-refractivity contribution in [1.82, 2.24) is 9.97 Å². The number of nitrogens with zero attached hydrogens (tertiary/aromatic N) is 2. The molecular weight excluding hydrogens is 400 g/mol. The Hall–Kier alpha value is -3.19. The van der Waals surface area contributed by atoms with E-state index in [4.69, 9.17) is 5.73 Å². The lowest BCUT2D eigenvalue weighted by Crippen LogP contribution is -2.27.